The van der Waals surface area contributed by atoms with Crippen LogP contribution >= 0.6 is 11.3 Å². The molecule has 0 aliphatic rings. The number of amides is 2. The normalized spacial score (nSPS) is 12.1. The first kappa shape index (κ1) is 16.1. The zero-order chi connectivity index (χ0) is 17.1. The number of carbonyl (C=O) groups excluding carboxylic acids is 1. The summed E-state index contributed by atoms with van der Waals surface area (Å²) in [7, 11) is 0. The highest BCUT2D eigenvalue weighted by molar-refractivity contribution is 7.10. The maximum absolute atomic E-state index is 12.1. The third kappa shape index (κ3) is 3.59. The van der Waals surface area contributed by atoms with Crippen molar-refractivity contribution in [2.75, 3.05) is 5.32 Å². The summed E-state index contributed by atoms with van der Waals surface area (Å²) in [6.07, 6.45) is 0. The Hall–Kier alpha value is -2.75. The van der Waals surface area contributed by atoms with Crippen LogP contribution in [-0.4, -0.2) is 31.2 Å². The van der Waals surface area contributed by atoms with Crippen LogP contribution in [0, 0.1) is 13.8 Å². The van der Waals surface area contributed by atoms with Crippen molar-refractivity contribution in [3.8, 4) is 0 Å². The molecule has 3 aromatic heterocycles. The number of urea groups is 1. The molecule has 0 aromatic carbocycles. The number of aromatic nitrogens is 5. The van der Waals surface area contributed by atoms with Crippen LogP contribution in [0.2, 0.25) is 0 Å². The van der Waals surface area contributed by atoms with E-state index in [-0.39, 0.29) is 12.1 Å². The van der Waals surface area contributed by atoms with Gasteiger partial charge in [-0.2, -0.15) is 4.98 Å². The number of anilines is 1. The van der Waals surface area contributed by atoms with E-state index in [0.29, 0.717) is 29.8 Å². The molecule has 10 heteroatoms. The molecule has 0 saturated heterocycles. The fraction of sp³-hybridized carbons (Fsp3) is 0.357. The fourth-order valence-electron chi connectivity index (χ4n) is 2.11. The number of hydrogen-bond acceptors (Lipinski definition) is 7. The van der Waals surface area contributed by atoms with Crippen LogP contribution in [0.4, 0.5) is 10.6 Å². The number of rotatable bonds is 5. The molecule has 0 bridgehead atoms. The van der Waals surface area contributed by atoms with Gasteiger partial charge < -0.3 is 9.84 Å². The molecule has 0 spiro atoms. The maximum Gasteiger partial charge on any atom is 0.321 e. The quantitative estimate of drug-likeness (QED) is 0.732. The van der Waals surface area contributed by atoms with E-state index in [0.717, 1.165) is 4.88 Å². The molecule has 2 N–H and O–H groups in total. The van der Waals surface area contributed by atoms with Gasteiger partial charge in [0.2, 0.25) is 5.89 Å². The number of carbonyl (C=O) groups is 1. The third-order valence-electron chi connectivity index (χ3n) is 3.39. The third-order valence-corrected chi connectivity index (χ3v) is 4.45. The first-order valence-electron chi connectivity index (χ1n) is 7.33. The van der Waals surface area contributed by atoms with Crippen LogP contribution in [-0.2, 0) is 6.54 Å². The number of nitrogens with zero attached hydrogens (tertiary/aromatic N) is 5. The second kappa shape index (κ2) is 6.79. The summed E-state index contributed by atoms with van der Waals surface area (Å²) in [4.78, 5) is 17.3. The molecule has 9 nitrogen and oxygen atoms in total. The molecule has 0 radical (unpaired) electrons. The van der Waals surface area contributed by atoms with Gasteiger partial charge in [0, 0.05) is 11.8 Å². The first-order chi connectivity index (χ1) is 11.5. The Morgan fingerprint density at radius 3 is 2.96 bits per heavy atom. The molecule has 3 heterocycles. The van der Waals surface area contributed by atoms with Gasteiger partial charge in [0.05, 0.1) is 11.7 Å². The van der Waals surface area contributed by atoms with Crippen LogP contribution in [0.1, 0.15) is 35.3 Å². The van der Waals surface area contributed by atoms with Gasteiger partial charge in [-0.1, -0.05) is 16.4 Å². The van der Waals surface area contributed by atoms with Crippen LogP contribution in [0.15, 0.2) is 22.0 Å². The molecule has 0 aliphatic carbocycles. The smallest absolute Gasteiger partial charge is 0.321 e. The highest BCUT2D eigenvalue weighted by atomic mass is 32.1. The summed E-state index contributed by atoms with van der Waals surface area (Å²) in [6, 6.07) is 3.51. The van der Waals surface area contributed by atoms with Crippen molar-refractivity contribution in [3.05, 3.63) is 39.8 Å². The molecule has 0 saturated carbocycles. The van der Waals surface area contributed by atoms with E-state index < -0.39 is 0 Å². The van der Waals surface area contributed by atoms with Gasteiger partial charge in [0.1, 0.15) is 6.54 Å². The second-order valence-electron chi connectivity index (χ2n) is 5.25. The Kier molecular flexibility index (Phi) is 4.56. The molecule has 0 aliphatic heterocycles. The molecule has 1 unspecified atom stereocenters. The number of aryl methyl sites for hydroxylation is 1. The first-order valence-corrected chi connectivity index (χ1v) is 8.21. The van der Waals surface area contributed by atoms with Crippen LogP contribution in [0.3, 0.4) is 0 Å². The van der Waals surface area contributed by atoms with Crippen molar-refractivity contribution >= 4 is 23.2 Å². The van der Waals surface area contributed by atoms with Crippen LogP contribution in [0.25, 0.3) is 0 Å². The molecular formula is C14H17N7O2S. The van der Waals surface area contributed by atoms with Crippen molar-refractivity contribution in [1.82, 2.24) is 30.5 Å². The zero-order valence-corrected chi connectivity index (χ0v) is 14.3. The monoisotopic (exact) mass is 347 g/mol. The van der Waals surface area contributed by atoms with Gasteiger partial charge in [0.25, 0.3) is 0 Å². The maximum atomic E-state index is 12.1. The van der Waals surface area contributed by atoms with E-state index in [2.05, 4.69) is 31.1 Å². The van der Waals surface area contributed by atoms with Crippen molar-refractivity contribution in [3.63, 3.8) is 0 Å². The Labute approximate surface area is 142 Å². The Balaban J connectivity index is 1.62. The zero-order valence-electron chi connectivity index (χ0n) is 13.5. The van der Waals surface area contributed by atoms with Gasteiger partial charge >= 0.3 is 6.03 Å². The SMILES string of the molecule is Cc1nc(Cn2nnc(NC(=O)NC(C)c3cccs3)c2C)no1. The summed E-state index contributed by atoms with van der Waals surface area (Å²) < 4.78 is 6.53. The summed E-state index contributed by atoms with van der Waals surface area (Å²) in [5.74, 6) is 1.39. The second-order valence-corrected chi connectivity index (χ2v) is 6.23. The molecular weight excluding hydrogens is 330 g/mol. The van der Waals surface area contributed by atoms with E-state index in [9.17, 15) is 4.79 Å². The molecule has 24 heavy (non-hydrogen) atoms. The summed E-state index contributed by atoms with van der Waals surface area (Å²) >= 11 is 1.59. The summed E-state index contributed by atoms with van der Waals surface area (Å²) in [6.45, 7) is 5.78. The molecule has 1 atom stereocenters. The lowest BCUT2D eigenvalue weighted by Crippen LogP contribution is -2.31. The van der Waals surface area contributed by atoms with Gasteiger partial charge in [0.15, 0.2) is 11.6 Å². The van der Waals surface area contributed by atoms with Gasteiger partial charge in [-0.25, -0.2) is 9.48 Å². The van der Waals surface area contributed by atoms with E-state index in [1.165, 1.54) is 0 Å². The summed E-state index contributed by atoms with van der Waals surface area (Å²) in [5.41, 5.74) is 0.705. The standard InChI is InChI=1S/C14H17N7O2S/c1-8(11-5-4-6-24-11)15-14(22)17-13-9(2)21(20-18-13)7-12-16-10(3)23-19-12/h4-6,8H,7H2,1-3H3,(H2,15,17,22). The van der Waals surface area contributed by atoms with Crippen molar-refractivity contribution in [1.29, 1.82) is 0 Å². The van der Waals surface area contributed by atoms with Crippen LogP contribution < -0.4 is 10.6 Å². The molecule has 0 fully saturated rings. The minimum absolute atomic E-state index is 0.0809. The highest BCUT2D eigenvalue weighted by Gasteiger charge is 2.15. The molecule has 3 aromatic rings. The molecule has 126 valence electrons. The minimum atomic E-state index is -0.332. The lowest BCUT2D eigenvalue weighted by molar-refractivity contribution is 0.249. The van der Waals surface area contributed by atoms with Gasteiger partial charge in [-0.3, -0.25) is 5.32 Å². The number of hydrogen-bond donors (Lipinski definition) is 2. The lowest BCUT2D eigenvalue weighted by Gasteiger charge is -2.12. The van der Waals surface area contributed by atoms with E-state index in [1.54, 1.807) is 22.9 Å². The molecule has 3 rings (SSSR count). The predicted octanol–water partition coefficient (Wildman–Crippen LogP) is 2.27. The minimum Gasteiger partial charge on any atom is -0.340 e. The average molecular weight is 347 g/mol. The Morgan fingerprint density at radius 2 is 2.29 bits per heavy atom. The van der Waals surface area contributed by atoms with E-state index in [1.807, 2.05) is 31.4 Å². The van der Waals surface area contributed by atoms with Gasteiger partial charge in [-0.05, 0) is 25.3 Å². The van der Waals surface area contributed by atoms with Gasteiger partial charge in [-0.15, -0.1) is 16.4 Å². The fourth-order valence-corrected chi connectivity index (χ4v) is 2.85. The van der Waals surface area contributed by atoms with E-state index >= 15 is 0 Å². The topological polar surface area (TPSA) is 111 Å². The van der Waals surface area contributed by atoms with Crippen molar-refractivity contribution in [2.45, 2.75) is 33.4 Å². The predicted molar refractivity (Wildman–Crippen MR) is 87.8 cm³/mol. The van der Waals surface area contributed by atoms with Crippen molar-refractivity contribution < 1.29 is 9.32 Å². The van der Waals surface area contributed by atoms with Crippen LogP contribution in [0.5, 0.6) is 0 Å². The Bertz CT molecular complexity index is 824. The Morgan fingerprint density at radius 1 is 1.46 bits per heavy atom. The number of thiophene rings is 1. The highest BCUT2D eigenvalue weighted by Crippen LogP contribution is 2.18. The summed E-state index contributed by atoms with van der Waals surface area (Å²) in [5, 5.41) is 19.4. The largest absolute Gasteiger partial charge is 0.340 e. The average Bonchev–Trinajstić information content (AvgIpc) is 3.26. The van der Waals surface area contributed by atoms with E-state index in [4.69, 9.17) is 4.52 Å². The number of nitrogens with one attached hydrogen (secondary N) is 2. The van der Waals surface area contributed by atoms with Crippen molar-refractivity contribution in [2.24, 2.45) is 0 Å². The molecule has 2 amide bonds. The lowest BCUT2D eigenvalue weighted by atomic mass is 10.3.